The summed E-state index contributed by atoms with van der Waals surface area (Å²) < 4.78 is 37.5. The van der Waals surface area contributed by atoms with Crippen molar-refractivity contribution in [2.75, 3.05) is 18.4 Å². The van der Waals surface area contributed by atoms with Gasteiger partial charge in [0.05, 0.1) is 23.7 Å². The molecular weight excluding hydrogens is 541 g/mol. The van der Waals surface area contributed by atoms with E-state index in [9.17, 15) is 37.5 Å². The van der Waals surface area contributed by atoms with Gasteiger partial charge in [0.2, 0.25) is 11.8 Å². The first-order chi connectivity index (χ1) is 18.3. The summed E-state index contributed by atoms with van der Waals surface area (Å²) in [5, 5.41) is 20.9. The van der Waals surface area contributed by atoms with E-state index in [1.54, 1.807) is 6.08 Å². The number of amides is 4. The predicted molar refractivity (Wildman–Crippen MR) is 140 cm³/mol. The van der Waals surface area contributed by atoms with E-state index in [1.807, 2.05) is 0 Å². The lowest BCUT2D eigenvalue weighted by molar-refractivity contribution is -0.142. The van der Waals surface area contributed by atoms with Crippen molar-refractivity contribution in [3.8, 4) is 0 Å². The van der Waals surface area contributed by atoms with Crippen LogP contribution in [0.4, 0.5) is 18.9 Å². The van der Waals surface area contributed by atoms with Crippen LogP contribution in [-0.4, -0.2) is 60.1 Å². The van der Waals surface area contributed by atoms with Crippen LogP contribution in [0.25, 0.3) is 0 Å². The lowest BCUT2D eigenvalue weighted by atomic mass is 9.94. The molecular formula is C26H30ClF3N4O5. The average Bonchev–Trinajstić information content (AvgIpc) is 3.28. The Bertz CT molecular complexity index is 1140. The third-order valence-corrected chi connectivity index (χ3v) is 6.10. The van der Waals surface area contributed by atoms with Crippen LogP contribution >= 0.6 is 11.6 Å². The summed E-state index contributed by atoms with van der Waals surface area (Å²) in [5.74, 6) is -3.58. The van der Waals surface area contributed by atoms with Gasteiger partial charge in [-0.25, -0.2) is 0 Å². The summed E-state index contributed by atoms with van der Waals surface area (Å²) in [7, 11) is 0. The van der Waals surface area contributed by atoms with Gasteiger partial charge in [-0.1, -0.05) is 43.0 Å². The van der Waals surface area contributed by atoms with E-state index in [2.05, 4.69) is 34.4 Å². The highest BCUT2D eigenvalue weighted by atomic mass is 35.5. The molecule has 0 radical (unpaired) electrons. The fourth-order valence-corrected chi connectivity index (χ4v) is 3.97. The van der Waals surface area contributed by atoms with E-state index in [0.717, 1.165) is 0 Å². The molecule has 1 heterocycles. The minimum Gasteiger partial charge on any atom is -0.381 e. The lowest BCUT2D eigenvalue weighted by Gasteiger charge is -2.26. The highest BCUT2D eigenvalue weighted by Crippen LogP contribution is 2.25. The number of nitrogens with one attached hydrogen (secondary N) is 4. The minimum atomic E-state index is -4.54. The number of allylic oxidation sites excluding steroid dienone is 2. The van der Waals surface area contributed by atoms with Crippen molar-refractivity contribution in [3.63, 3.8) is 0 Å². The maximum atomic E-state index is 13.2. The van der Waals surface area contributed by atoms with Gasteiger partial charge in [0.1, 0.15) is 0 Å². The first-order valence-corrected chi connectivity index (χ1v) is 12.4. The van der Waals surface area contributed by atoms with Crippen LogP contribution < -0.4 is 21.3 Å². The quantitative estimate of drug-likeness (QED) is 0.232. The monoisotopic (exact) mass is 570 g/mol. The van der Waals surface area contributed by atoms with Crippen LogP contribution in [0.5, 0.6) is 0 Å². The zero-order valence-corrected chi connectivity index (χ0v) is 21.7. The maximum absolute atomic E-state index is 13.2. The van der Waals surface area contributed by atoms with Crippen molar-refractivity contribution in [1.29, 1.82) is 0 Å². The van der Waals surface area contributed by atoms with Crippen LogP contribution in [0.1, 0.15) is 36.0 Å². The Morgan fingerprint density at radius 3 is 2.56 bits per heavy atom. The number of carbonyl (C=O) groups is 4. The Kier molecular flexibility index (Phi) is 11.7. The zero-order valence-electron chi connectivity index (χ0n) is 20.9. The number of aliphatic hydroxyl groups excluding tert-OH is 1. The fraction of sp³-hybridized carbons (Fsp3) is 0.385. The molecule has 0 spiro atoms. The molecule has 0 aliphatic carbocycles. The number of halogens is 4. The number of rotatable bonds is 13. The molecule has 39 heavy (non-hydrogen) atoms. The topological polar surface area (TPSA) is 137 Å². The van der Waals surface area contributed by atoms with Crippen LogP contribution in [0.2, 0.25) is 5.02 Å². The van der Waals surface area contributed by atoms with Gasteiger partial charge in [-0.15, -0.1) is 0 Å². The number of carbonyl (C=O) groups excluding carboxylic acids is 4. The van der Waals surface area contributed by atoms with Crippen LogP contribution in [0.3, 0.4) is 0 Å². The molecule has 212 valence electrons. The molecule has 0 saturated carbocycles. The molecule has 1 aliphatic heterocycles. The normalized spacial score (nSPS) is 17.0. The largest absolute Gasteiger partial charge is 0.389 e. The first-order valence-electron chi connectivity index (χ1n) is 12.0. The lowest BCUT2D eigenvalue weighted by Crippen LogP contribution is -2.52. The van der Waals surface area contributed by atoms with E-state index < -0.39 is 54.8 Å². The molecule has 1 saturated heterocycles. The van der Waals surface area contributed by atoms with Crippen LogP contribution in [0.15, 0.2) is 55.2 Å². The van der Waals surface area contributed by atoms with Crippen molar-refractivity contribution in [3.05, 3.63) is 65.7 Å². The Balaban J connectivity index is 2.24. The number of hydrogen-bond acceptors (Lipinski definition) is 5. The molecule has 0 bridgehead atoms. The predicted octanol–water partition coefficient (Wildman–Crippen LogP) is 3.02. The highest BCUT2D eigenvalue weighted by molar-refractivity contribution is 6.31. The van der Waals surface area contributed by atoms with Crippen LogP contribution in [-0.2, 0) is 14.4 Å². The maximum Gasteiger partial charge on any atom is 0.389 e. The van der Waals surface area contributed by atoms with E-state index in [4.69, 9.17) is 11.6 Å². The third-order valence-electron chi connectivity index (χ3n) is 5.86. The molecule has 4 amide bonds. The Labute approximate surface area is 228 Å². The first kappa shape index (κ1) is 31.6. The number of benzene rings is 1. The second-order valence-electron chi connectivity index (χ2n) is 8.79. The number of hydrogen-bond donors (Lipinski definition) is 5. The van der Waals surface area contributed by atoms with Gasteiger partial charge < -0.3 is 26.4 Å². The highest BCUT2D eigenvalue weighted by Gasteiger charge is 2.35. The number of anilines is 1. The smallest absolute Gasteiger partial charge is 0.381 e. The average molecular weight is 571 g/mol. The molecule has 13 heteroatoms. The molecule has 5 N–H and O–H groups in total. The van der Waals surface area contributed by atoms with Gasteiger partial charge in [-0.3, -0.25) is 19.2 Å². The SMILES string of the molecule is C=C/C=C(\C=C)CNC(=O)C(O)C(CC1CCNC1=O)NC(=O)c1cc(Cl)ccc1NC(=O)CCC(F)(F)F. The van der Waals surface area contributed by atoms with Gasteiger partial charge >= 0.3 is 6.18 Å². The molecule has 3 atom stereocenters. The van der Waals surface area contributed by atoms with E-state index >= 15 is 0 Å². The van der Waals surface area contributed by atoms with E-state index in [1.165, 1.54) is 30.4 Å². The van der Waals surface area contributed by atoms with Gasteiger partial charge in [0.25, 0.3) is 11.8 Å². The summed E-state index contributed by atoms with van der Waals surface area (Å²) in [6.45, 7) is 7.58. The van der Waals surface area contributed by atoms with Crippen molar-refractivity contribution >= 4 is 40.9 Å². The number of alkyl halides is 3. The third kappa shape index (κ3) is 10.2. The van der Waals surface area contributed by atoms with Crippen molar-refractivity contribution in [1.82, 2.24) is 16.0 Å². The second kappa shape index (κ2) is 14.5. The van der Waals surface area contributed by atoms with Crippen LogP contribution in [0, 0.1) is 5.92 Å². The zero-order chi connectivity index (χ0) is 29.2. The summed E-state index contributed by atoms with van der Waals surface area (Å²) in [5.41, 5.74) is 0.274. The molecule has 1 aromatic rings. The molecule has 1 fully saturated rings. The Morgan fingerprint density at radius 1 is 1.26 bits per heavy atom. The molecule has 1 aliphatic rings. The summed E-state index contributed by atoms with van der Waals surface area (Å²) in [6, 6.07) is 2.51. The van der Waals surface area contributed by atoms with Crippen molar-refractivity contribution < 1.29 is 37.5 Å². The molecule has 3 unspecified atom stereocenters. The molecule has 9 nitrogen and oxygen atoms in total. The molecule has 0 aromatic heterocycles. The standard InChI is InChI=1S/C26H30ClF3N4O5/c1-3-5-15(4-2)14-32-25(39)22(36)20(12-16-9-11-31-23(16)37)34-24(38)18-13-17(27)6-7-19(18)33-21(35)8-10-26(28,29)30/h3-7,13,16,20,22,36H,1-2,8-12,14H2,(H,31,37)(H,32,39)(H,33,35)(H,34,38)/b15-5+. The second-order valence-corrected chi connectivity index (χ2v) is 9.23. The van der Waals surface area contributed by atoms with Crippen molar-refractivity contribution in [2.45, 2.75) is 44.0 Å². The van der Waals surface area contributed by atoms with Gasteiger partial charge in [-0.05, 0) is 36.6 Å². The Morgan fingerprint density at radius 2 is 1.97 bits per heavy atom. The van der Waals surface area contributed by atoms with Gasteiger partial charge in [-0.2, -0.15) is 13.2 Å². The molecule has 2 rings (SSSR count). The van der Waals surface area contributed by atoms with Gasteiger partial charge in [0.15, 0.2) is 6.10 Å². The Hall–Kier alpha value is -3.64. The summed E-state index contributed by atoms with van der Waals surface area (Å²) in [4.78, 5) is 50.2. The van der Waals surface area contributed by atoms with E-state index in [-0.39, 0.29) is 35.1 Å². The van der Waals surface area contributed by atoms with E-state index in [0.29, 0.717) is 18.5 Å². The summed E-state index contributed by atoms with van der Waals surface area (Å²) in [6.07, 6.45) is -3.62. The number of aliphatic hydroxyl groups is 1. The van der Waals surface area contributed by atoms with Gasteiger partial charge in [0, 0.05) is 30.5 Å². The minimum absolute atomic E-state index is 0.0123. The van der Waals surface area contributed by atoms with Crippen molar-refractivity contribution in [2.24, 2.45) is 5.92 Å². The summed E-state index contributed by atoms with van der Waals surface area (Å²) >= 11 is 6.01. The fourth-order valence-electron chi connectivity index (χ4n) is 3.80. The molecule has 1 aromatic carbocycles.